The zero-order chi connectivity index (χ0) is 5.98. The number of hydrogen-bond donors (Lipinski definition) is 0. The zero-order valence-electron chi connectivity index (χ0n) is 5.59. The maximum atomic E-state index is 4.08. The van der Waals surface area contributed by atoms with Crippen molar-refractivity contribution in [2.24, 2.45) is 0 Å². The van der Waals surface area contributed by atoms with Crippen LogP contribution in [0.1, 0.15) is 24.8 Å². The van der Waals surface area contributed by atoms with Gasteiger partial charge in [-0.05, 0) is 0 Å². The fourth-order valence-corrected chi connectivity index (χ4v) is 1.04. The molecule has 1 aromatic heterocycles. The Morgan fingerprint density at radius 3 is 2.56 bits per heavy atom. The van der Waals surface area contributed by atoms with Gasteiger partial charge in [-0.15, -0.1) is 0 Å². The summed E-state index contributed by atoms with van der Waals surface area (Å²) < 4.78 is 0. The largest absolute Gasteiger partial charge is 0.364 e. The topological polar surface area (TPSA) is 12.9 Å². The molecule has 0 spiro atoms. The zero-order valence-corrected chi connectivity index (χ0v) is 9.24. The van der Waals surface area contributed by atoms with E-state index in [0.717, 1.165) is 0 Å². The molecule has 1 nitrogen and oxygen atoms in total. The molecule has 0 N–H and O–H groups in total. The summed E-state index contributed by atoms with van der Waals surface area (Å²) in [5.41, 5.74) is 0. The fourth-order valence-electron chi connectivity index (χ4n) is 0.470. The first kappa shape index (κ1) is 9.73. The molecule has 0 fully saturated rings. The average molecular weight is 215 g/mol. The Morgan fingerprint density at radius 1 is 1.67 bits per heavy atom. The molecular weight excluding hydrogens is 207 g/mol. The Balaban J connectivity index is 0.000000640. The van der Waals surface area contributed by atoms with Gasteiger partial charge in [0.2, 0.25) is 0 Å². The molecule has 0 amide bonds. The standard InChI is InChI=1S/C6H8NS.Y/c1-5(2)6-7-3-4-8-6;/h3,5H,1-2H3;/q-1;. The molecule has 0 atom stereocenters. The third-order valence-electron chi connectivity index (χ3n) is 0.902. The van der Waals surface area contributed by atoms with E-state index in [1.807, 2.05) is 0 Å². The molecule has 47 valence electrons. The minimum atomic E-state index is 0. The first-order valence-electron chi connectivity index (χ1n) is 2.62. The number of nitrogens with zero attached hydrogens (tertiary/aromatic N) is 1. The molecule has 1 rings (SSSR count). The van der Waals surface area contributed by atoms with Crippen LogP contribution in [0.4, 0.5) is 0 Å². The summed E-state index contributed by atoms with van der Waals surface area (Å²) in [5, 5.41) is 4.11. The van der Waals surface area contributed by atoms with Crippen molar-refractivity contribution in [1.29, 1.82) is 0 Å². The van der Waals surface area contributed by atoms with E-state index in [2.05, 4.69) is 24.2 Å². The smallest absolute Gasteiger partial charge is 0 e. The van der Waals surface area contributed by atoms with E-state index in [1.165, 1.54) is 5.01 Å². The van der Waals surface area contributed by atoms with Gasteiger partial charge in [0.25, 0.3) is 0 Å². The first-order valence-corrected chi connectivity index (χ1v) is 3.44. The monoisotopic (exact) mass is 215 g/mol. The Morgan fingerprint density at radius 2 is 2.33 bits per heavy atom. The van der Waals surface area contributed by atoms with Gasteiger partial charge in [-0.3, -0.25) is 0 Å². The van der Waals surface area contributed by atoms with Gasteiger partial charge in [0.15, 0.2) is 0 Å². The summed E-state index contributed by atoms with van der Waals surface area (Å²) in [5.74, 6) is 0.561. The van der Waals surface area contributed by atoms with Crippen molar-refractivity contribution < 1.29 is 32.7 Å². The Labute approximate surface area is 84.8 Å². The SMILES string of the molecule is CC(C)c1nc[c-]s1.[Y]. The van der Waals surface area contributed by atoms with Gasteiger partial charge in [-0.1, -0.05) is 31.0 Å². The molecule has 1 heterocycles. The van der Waals surface area contributed by atoms with Crippen LogP contribution in [-0.4, -0.2) is 4.98 Å². The van der Waals surface area contributed by atoms with Crippen molar-refractivity contribution in [1.82, 2.24) is 4.98 Å². The first-order chi connectivity index (χ1) is 3.80. The van der Waals surface area contributed by atoms with Gasteiger partial charge in [0.1, 0.15) is 0 Å². The minimum Gasteiger partial charge on any atom is -0.364 e. The molecule has 0 saturated heterocycles. The second-order valence-electron chi connectivity index (χ2n) is 1.97. The van der Waals surface area contributed by atoms with Crippen LogP contribution in [-0.2, 0) is 32.7 Å². The van der Waals surface area contributed by atoms with Crippen LogP contribution in [0, 0.1) is 5.38 Å². The number of rotatable bonds is 1. The quantitative estimate of drug-likeness (QED) is 0.653. The van der Waals surface area contributed by atoms with Crippen molar-refractivity contribution in [3.63, 3.8) is 0 Å². The van der Waals surface area contributed by atoms with E-state index in [1.54, 1.807) is 17.5 Å². The molecule has 0 aliphatic rings. The molecule has 0 unspecified atom stereocenters. The van der Waals surface area contributed by atoms with E-state index in [-0.39, 0.29) is 32.7 Å². The van der Waals surface area contributed by atoms with Crippen LogP contribution in [0.15, 0.2) is 6.20 Å². The molecule has 1 radical (unpaired) electrons. The van der Waals surface area contributed by atoms with Gasteiger partial charge in [-0.2, -0.15) is 5.38 Å². The van der Waals surface area contributed by atoms with Gasteiger partial charge in [0.05, 0.1) is 0 Å². The Kier molecular flexibility index (Phi) is 4.90. The van der Waals surface area contributed by atoms with E-state index >= 15 is 0 Å². The average Bonchev–Trinajstić information content (AvgIpc) is 2.12. The van der Waals surface area contributed by atoms with Crippen molar-refractivity contribution in [3.05, 3.63) is 16.6 Å². The molecule has 0 bridgehead atoms. The van der Waals surface area contributed by atoms with Crippen LogP contribution < -0.4 is 0 Å². The molecule has 1 aromatic rings. The van der Waals surface area contributed by atoms with E-state index < -0.39 is 0 Å². The predicted molar refractivity (Wildman–Crippen MR) is 35.0 cm³/mol. The molecule has 3 heteroatoms. The Hall–Kier alpha value is 0.734. The van der Waals surface area contributed by atoms with Gasteiger partial charge in [-0.25, -0.2) is 0 Å². The Bertz CT molecular complexity index is 148. The molecule has 0 aliphatic heterocycles. The van der Waals surface area contributed by atoms with Gasteiger partial charge >= 0.3 is 0 Å². The molecular formula is C6H8NSY-. The number of aromatic nitrogens is 1. The summed E-state index contributed by atoms with van der Waals surface area (Å²) in [6.07, 6.45) is 1.72. The summed E-state index contributed by atoms with van der Waals surface area (Å²) in [4.78, 5) is 4.08. The normalized spacial score (nSPS) is 9.22. The van der Waals surface area contributed by atoms with Crippen LogP contribution in [0.5, 0.6) is 0 Å². The summed E-state index contributed by atoms with van der Waals surface area (Å²) in [6.45, 7) is 4.26. The van der Waals surface area contributed by atoms with Crippen molar-refractivity contribution >= 4 is 11.3 Å². The van der Waals surface area contributed by atoms with Crippen molar-refractivity contribution in [3.8, 4) is 0 Å². The third-order valence-corrected chi connectivity index (χ3v) is 1.91. The van der Waals surface area contributed by atoms with Crippen LogP contribution in [0.2, 0.25) is 0 Å². The predicted octanol–water partition coefficient (Wildman–Crippen LogP) is 2.06. The number of hydrogen-bond acceptors (Lipinski definition) is 2. The van der Waals surface area contributed by atoms with E-state index in [9.17, 15) is 0 Å². The molecule has 9 heavy (non-hydrogen) atoms. The summed E-state index contributed by atoms with van der Waals surface area (Å²) >= 11 is 1.59. The summed E-state index contributed by atoms with van der Waals surface area (Å²) in [6, 6.07) is 0. The summed E-state index contributed by atoms with van der Waals surface area (Å²) in [7, 11) is 0. The maximum absolute atomic E-state index is 4.08. The number of thiazole rings is 1. The van der Waals surface area contributed by atoms with Crippen LogP contribution in [0.25, 0.3) is 0 Å². The van der Waals surface area contributed by atoms with Crippen molar-refractivity contribution in [2.75, 3.05) is 0 Å². The van der Waals surface area contributed by atoms with Crippen molar-refractivity contribution in [2.45, 2.75) is 19.8 Å². The van der Waals surface area contributed by atoms with E-state index in [0.29, 0.717) is 5.92 Å². The van der Waals surface area contributed by atoms with Crippen LogP contribution >= 0.6 is 11.3 Å². The second-order valence-corrected chi connectivity index (χ2v) is 2.83. The fraction of sp³-hybridized carbons (Fsp3) is 0.500. The van der Waals surface area contributed by atoms with Gasteiger partial charge < -0.3 is 16.3 Å². The molecule has 0 aromatic carbocycles. The molecule has 0 saturated carbocycles. The third kappa shape index (κ3) is 2.88. The van der Waals surface area contributed by atoms with E-state index in [4.69, 9.17) is 0 Å². The minimum absolute atomic E-state index is 0. The molecule has 0 aliphatic carbocycles. The maximum Gasteiger partial charge on any atom is 0 e. The van der Waals surface area contributed by atoms with Crippen LogP contribution in [0.3, 0.4) is 0 Å². The second kappa shape index (κ2) is 4.53. The van der Waals surface area contributed by atoms with Gasteiger partial charge in [0, 0.05) is 32.7 Å².